The van der Waals surface area contributed by atoms with Crippen LogP contribution in [0.2, 0.25) is 0 Å². The van der Waals surface area contributed by atoms with E-state index in [1.165, 1.54) is 11.1 Å². The number of aromatic nitrogens is 2. The van der Waals surface area contributed by atoms with Crippen LogP contribution in [0.4, 0.5) is 0 Å². The molecule has 1 aromatic heterocycles. The Morgan fingerprint density at radius 1 is 0.967 bits per heavy atom. The lowest BCUT2D eigenvalue weighted by atomic mass is 10.1. The minimum atomic E-state index is -0.195. The summed E-state index contributed by atoms with van der Waals surface area (Å²) in [6.07, 6.45) is 0.370. The van der Waals surface area contributed by atoms with Crippen LogP contribution in [0.15, 0.2) is 72.8 Å². The molecule has 1 N–H and O–H groups in total. The van der Waals surface area contributed by atoms with Crippen LogP contribution < -0.4 is 5.32 Å². The summed E-state index contributed by atoms with van der Waals surface area (Å²) >= 11 is 0. The number of nitrogens with one attached hydrogen (secondary N) is 1. The first kappa shape index (κ1) is 19.9. The van der Waals surface area contributed by atoms with Crippen molar-refractivity contribution in [1.82, 2.24) is 14.9 Å². The zero-order valence-electron chi connectivity index (χ0n) is 17.7. The number of aryl methyl sites for hydroxylation is 2. The van der Waals surface area contributed by atoms with Crippen molar-refractivity contribution in [3.8, 4) is 0 Å². The Morgan fingerprint density at radius 2 is 1.67 bits per heavy atom. The van der Waals surface area contributed by atoms with Crippen molar-refractivity contribution in [2.45, 2.75) is 39.8 Å². The number of carbonyl (C=O) groups is 1. The lowest BCUT2D eigenvalue weighted by molar-refractivity contribution is -0.121. The highest BCUT2D eigenvalue weighted by atomic mass is 16.1. The van der Waals surface area contributed by atoms with Crippen LogP contribution in [0.3, 0.4) is 0 Å². The molecule has 4 nitrogen and oxygen atoms in total. The maximum Gasteiger partial charge on any atom is 0.225 e. The highest BCUT2D eigenvalue weighted by molar-refractivity contribution is 5.80. The molecule has 0 radical (unpaired) electrons. The fourth-order valence-electron chi connectivity index (χ4n) is 3.81. The summed E-state index contributed by atoms with van der Waals surface area (Å²) in [5.41, 5.74) is 6.66. The molecule has 0 fully saturated rings. The van der Waals surface area contributed by atoms with E-state index >= 15 is 0 Å². The van der Waals surface area contributed by atoms with Gasteiger partial charge in [-0.05, 0) is 49.6 Å². The number of para-hydroxylation sites is 2. The van der Waals surface area contributed by atoms with Gasteiger partial charge in [-0.1, -0.05) is 66.2 Å². The molecular weight excluding hydrogens is 370 g/mol. The molecule has 30 heavy (non-hydrogen) atoms. The predicted octanol–water partition coefficient (Wildman–Crippen LogP) is 5.12. The monoisotopic (exact) mass is 397 g/mol. The molecule has 1 atom stereocenters. The molecule has 152 valence electrons. The smallest absolute Gasteiger partial charge is 0.225 e. The predicted molar refractivity (Wildman–Crippen MR) is 121 cm³/mol. The first-order valence-corrected chi connectivity index (χ1v) is 10.4. The largest absolute Gasteiger partial charge is 0.346 e. The van der Waals surface area contributed by atoms with Gasteiger partial charge in [0, 0.05) is 6.54 Å². The van der Waals surface area contributed by atoms with Crippen molar-refractivity contribution in [3.63, 3.8) is 0 Å². The van der Waals surface area contributed by atoms with E-state index in [-0.39, 0.29) is 11.9 Å². The van der Waals surface area contributed by atoms with Crippen LogP contribution in [-0.2, 0) is 17.8 Å². The second-order valence-corrected chi connectivity index (χ2v) is 7.92. The van der Waals surface area contributed by atoms with Crippen LogP contribution in [0.1, 0.15) is 41.0 Å². The van der Waals surface area contributed by atoms with Gasteiger partial charge >= 0.3 is 0 Å². The lowest BCUT2D eigenvalue weighted by Gasteiger charge is -2.17. The minimum absolute atomic E-state index is 0.00532. The SMILES string of the molecule is Cc1ccc(Cn2c(C(C)NC(=O)Cc3ccccc3C)nc3ccccc32)cc1. The number of rotatable bonds is 6. The van der Waals surface area contributed by atoms with E-state index in [0.29, 0.717) is 13.0 Å². The van der Waals surface area contributed by atoms with E-state index in [9.17, 15) is 4.79 Å². The van der Waals surface area contributed by atoms with Gasteiger partial charge in [0.2, 0.25) is 5.91 Å². The Bertz CT molecular complexity index is 1170. The van der Waals surface area contributed by atoms with Crippen molar-refractivity contribution < 1.29 is 4.79 Å². The number of benzene rings is 3. The maximum absolute atomic E-state index is 12.7. The molecule has 0 aliphatic carbocycles. The Morgan fingerprint density at radius 3 is 2.43 bits per heavy atom. The number of fused-ring (bicyclic) bond motifs is 1. The van der Waals surface area contributed by atoms with Crippen LogP contribution in [0.5, 0.6) is 0 Å². The van der Waals surface area contributed by atoms with E-state index in [2.05, 4.69) is 47.1 Å². The third-order valence-corrected chi connectivity index (χ3v) is 5.52. The van der Waals surface area contributed by atoms with Gasteiger partial charge in [0.05, 0.1) is 23.5 Å². The normalized spacial score (nSPS) is 12.1. The molecule has 0 saturated carbocycles. The fraction of sp³-hybridized carbons (Fsp3) is 0.231. The minimum Gasteiger partial charge on any atom is -0.346 e. The molecule has 0 aliphatic heterocycles. The maximum atomic E-state index is 12.7. The van der Waals surface area contributed by atoms with Crippen molar-refractivity contribution in [2.75, 3.05) is 0 Å². The van der Waals surface area contributed by atoms with Crippen molar-refractivity contribution in [2.24, 2.45) is 0 Å². The van der Waals surface area contributed by atoms with E-state index in [4.69, 9.17) is 4.98 Å². The number of carbonyl (C=O) groups excluding carboxylic acids is 1. The summed E-state index contributed by atoms with van der Waals surface area (Å²) in [5, 5.41) is 3.15. The molecule has 0 bridgehead atoms. The molecular formula is C26H27N3O. The summed E-state index contributed by atoms with van der Waals surface area (Å²) in [4.78, 5) is 17.6. The first-order chi connectivity index (χ1) is 14.5. The average Bonchev–Trinajstić information content (AvgIpc) is 3.10. The van der Waals surface area contributed by atoms with Gasteiger partial charge < -0.3 is 9.88 Å². The number of nitrogens with zero attached hydrogens (tertiary/aromatic N) is 2. The molecule has 0 spiro atoms. The summed E-state index contributed by atoms with van der Waals surface area (Å²) in [6, 6.07) is 24.5. The zero-order chi connectivity index (χ0) is 21.1. The standard InChI is InChI=1S/C26H27N3O/c1-18-12-14-21(15-13-18)17-29-24-11-7-6-10-23(24)28-26(29)20(3)27-25(30)16-22-9-5-4-8-19(22)2/h4-15,20H,16-17H2,1-3H3,(H,27,30). The number of amides is 1. The summed E-state index contributed by atoms with van der Waals surface area (Å²) in [5.74, 6) is 0.876. The zero-order valence-corrected chi connectivity index (χ0v) is 17.7. The van der Waals surface area contributed by atoms with Crippen LogP contribution in [0, 0.1) is 13.8 Å². The highest BCUT2D eigenvalue weighted by Gasteiger charge is 2.19. The fourth-order valence-corrected chi connectivity index (χ4v) is 3.81. The lowest BCUT2D eigenvalue weighted by Crippen LogP contribution is -2.30. The molecule has 1 amide bonds. The molecule has 4 heteroatoms. The van der Waals surface area contributed by atoms with E-state index in [0.717, 1.165) is 28.0 Å². The van der Waals surface area contributed by atoms with Gasteiger partial charge in [-0.2, -0.15) is 0 Å². The van der Waals surface area contributed by atoms with Crippen LogP contribution in [-0.4, -0.2) is 15.5 Å². The van der Waals surface area contributed by atoms with Crippen molar-refractivity contribution >= 4 is 16.9 Å². The summed E-state index contributed by atoms with van der Waals surface area (Å²) < 4.78 is 2.21. The number of hydrogen-bond acceptors (Lipinski definition) is 2. The Labute approximate surface area is 177 Å². The number of hydrogen-bond donors (Lipinski definition) is 1. The molecule has 4 aromatic rings. The second kappa shape index (κ2) is 8.54. The van der Waals surface area contributed by atoms with E-state index in [1.807, 2.05) is 56.3 Å². The van der Waals surface area contributed by atoms with Gasteiger partial charge in [-0.25, -0.2) is 4.98 Å². The summed E-state index contributed by atoms with van der Waals surface area (Å²) in [6.45, 7) is 6.84. The molecule has 1 unspecified atom stereocenters. The quantitative estimate of drug-likeness (QED) is 0.491. The van der Waals surface area contributed by atoms with Crippen molar-refractivity contribution in [3.05, 3.63) is 101 Å². The molecule has 1 heterocycles. The third kappa shape index (κ3) is 4.28. The van der Waals surface area contributed by atoms with Gasteiger partial charge in [-0.3, -0.25) is 4.79 Å². The first-order valence-electron chi connectivity index (χ1n) is 10.4. The van der Waals surface area contributed by atoms with Gasteiger partial charge in [0.15, 0.2) is 0 Å². The average molecular weight is 398 g/mol. The molecule has 0 aliphatic rings. The Hall–Kier alpha value is -3.40. The highest BCUT2D eigenvalue weighted by Crippen LogP contribution is 2.23. The molecule has 0 saturated heterocycles. The van der Waals surface area contributed by atoms with Crippen molar-refractivity contribution in [1.29, 1.82) is 0 Å². The van der Waals surface area contributed by atoms with Crippen LogP contribution in [0.25, 0.3) is 11.0 Å². The Balaban J connectivity index is 1.60. The number of imidazole rings is 1. The van der Waals surface area contributed by atoms with E-state index < -0.39 is 0 Å². The van der Waals surface area contributed by atoms with Gasteiger partial charge in [0.25, 0.3) is 0 Å². The third-order valence-electron chi connectivity index (χ3n) is 5.52. The van der Waals surface area contributed by atoms with Gasteiger partial charge in [0.1, 0.15) is 5.82 Å². The molecule has 3 aromatic carbocycles. The van der Waals surface area contributed by atoms with Crippen LogP contribution >= 0.6 is 0 Å². The molecule has 4 rings (SSSR count). The second-order valence-electron chi connectivity index (χ2n) is 7.92. The van der Waals surface area contributed by atoms with Gasteiger partial charge in [-0.15, -0.1) is 0 Å². The topological polar surface area (TPSA) is 46.9 Å². The summed E-state index contributed by atoms with van der Waals surface area (Å²) in [7, 11) is 0. The van der Waals surface area contributed by atoms with E-state index in [1.54, 1.807) is 0 Å². The Kier molecular flexibility index (Phi) is 5.66.